The third-order valence-corrected chi connectivity index (χ3v) is 4.95. The van der Waals surface area contributed by atoms with Gasteiger partial charge in [0.15, 0.2) is 0 Å². The molecule has 0 amide bonds. The molecule has 0 atom stereocenters. The number of hydrogen-bond acceptors (Lipinski definition) is 5. The van der Waals surface area contributed by atoms with Gasteiger partial charge in [-0.25, -0.2) is 9.50 Å². The van der Waals surface area contributed by atoms with Crippen molar-refractivity contribution < 1.29 is 0 Å². The molecule has 4 heterocycles. The first kappa shape index (κ1) is 14.3. The van der Waals surface area contributed by atoms with Gasteiger partial charge in [0, 0.05) is 30.6 Å². The second-order valence-corrected chi connectivity index (χ2v) is 6.67. The van der Waals surface area contributed by atoms with Crippen LogP contribution in [0, 0.1) is 0 Å². The molecule has 7 nitrogen and oxygen atoms in total. The zero-order chi connectivity index (χ0) is 17.0. The Morgan fingerprint density at radius 1 is 1.24 bits per heavy atom. The Bertz CT molecular complexity index is 1010. The Balaban J connectivity index is 1.64. The lowest BCUT2D eigenvalue weighted by Crippen LogP contribution is -2.22. The van der Waals surface area contributed by atoms with Gasteiger partial charge in [-0.1, -0.05) is 6.58 Å². The molecule has 0 spiro atoms. The van der Waals surface area contributed by atoms with Gasteiger partial charge in [-0.3, -0.25) is 15.1 Å². The number of fused-ring (bicyclic) bond motifs is 1. The average molecular weight is 333 g/mol. The Morgan fingerprint density at radius 3 is 2.84 bits per heavy atom. The van der Waals surface area contributed by atoms with Crippen LogP contribution in [0.2, 0.25) is 0 Å². The summed E-state index contributed by atoms with van der Waals surface area (Å²) in [4.78, 5) is 4.92. The fraction of sp³-hybridized carbons (Fsp3) is 0.278. The molecule has 126 valence electrons. The van der Waals surface area contributed by atoms with Crippen LogP contribution in [0.4, 0.5) is 0 Å². The third kappa shape index (κ3) is 2.23. The van der Waals surface area contributed by atoms with Crippen molar-refractivity contribution in [3.8, 4) is 11.3 Å². The number of nitrogens with one attached hydrogen (secondary N) is 1. The SMILES string of the molecule is C=C1NN(C)C=C1c1cn2nccc2c(-c2cnn(C3CCC3)c2)n1. The van der Waals surface area contributed by atoms with Crippen molar-refractivity contribution in [2.24, 2.45) is 0 Å². The second kappa shape index (κ2) is 5.20. The predicted octanol–water partition coefficient (Wildman–Crippen LogP) is 2.62. The maximum atomic E-state index is 4.92. The van der Waals surface area contributed by atoms with Crippen LogP contribution in [0.1, 0.15) is 31.0 Å². The van der Waals surface area contributed by atoms with Crippen molar-refractivity contribution in [2.75, 3.05) is 7.05 Å². The van der Waals surface area contributed by atoms with E-state index in [0.29, 0.717) is 6.04 Å². The molecule has 2 aliphatic rings. The van der Waals surface area contributed by atoms with Gasteiger partial charge in [0.2, 0.25) is 0 Å². The van der Waals surface area contributed by atoms with E-state index in [9.17, 15) is 0 Å². The minimum atomic E-state index is 0.535. The highest BCUT2D eigenvalue weighted by atomic mass is 15.5. The number of allylic oxidation sites excluding steroid dienone is 1. The molecule has 0 bridgehead atoms. The Kier molecular flexibility index (Phi) is 2.97. The summed E-state index contributed by atoms with van der Waals surface area (Å²) in [6.07, 6.45) is 13.4. The van der Waals surface area contributed by atoms with Gasteiger partial charge < -0.3 is 0 Å². The number of hydrogen-bond donors (Lipinski definition) is 1. The zero-order valence-electron chi connectivity index (χ0n) is 14.1. The fourth-order valence-electron chi connectivity index (χ4n) is 3.38. The minimum absolute atomic E-state index is 0.535. The molecule has 1 N–H and O–H groups in total. The van der Waals surface area contributed by atoms with Crippen molar-refractivity contribution in [3.05, 3.63) is 55.0 Å². The summed E-state index contributed by atoms with van der Waals surface area (Å²) in [7, 11) is 1.94. The molecule has 0 unspecified atom stereocenters. The van der Waals surface area contributed by atoms with Crippen molar-refractivity contribution in [2.45, 2.75) is 25.3 Å². The zero-order valence-corrected chi connectivity index (χ0v) is 14.1. The molecule has 7 heteroatoms. The van der Waals surface area contributed by atoms with E-state index in [-0.39, 0.29) is 0 Å². The molecule has 5 rings (SSSR count). The van der Waals surface area contributed by atoms with E-state index < -0.39 is 0 Å². The van der Waals surface area contributed by atoms with Gasteiger partial charge in [0.25, 0.3) is 0 Å². The van der Waals surface area contributed by atoms with E-state index in [0.717, 1.165) is 33.7 Å². The molecule has 3 aromatic heterocycles. The lowest BCUT2D eigenvalue weighted by atomic mass is 9.93. The molecule has 3 aromatic rings. The number of rotatable bonds is 3. The summed E-state index contributed by atoms with van der Waals surface area (Å²) in [5.74, 6) is 0. The maximum absolute atomic E-state index is 4.92. The van der Waals surface area contributed by atoms with Crippen LogP contribution in [0.15, 0.2) is 49.3 Å². The predicted molar refractivity (Wildman–Crippen MR) is 95.1 cm³/mol. The smallest absolute Gasteiger partial charge is 0.0999 e. The first-order valence-corrected chi connectivity index (χ1v) is 8.49. The first-order chi connectivity index (χ1) is 12.2. The summed E-state index contributed by atoms with van der Waals surface area (Å²) in [5, 5.41) is 10.8. The van der Waals surface area contributed by atoms with Crippen molar-refractivity contribution in [1.82, 2.24) is 34.8 Å². The lowest BCUT2D eigenvalue weighted by Gasteiger charge is -2.25. The molecule has 1 saturated carbocycles. The van der Waals surface area contributed by atoms with E-state index in [2.05, 4.69) is 33.1 Å². The highest BCUT2D eigenvalue weighted by Crippen LogP contribution is 2.33. The van der Waals surface area contributed by atoms with Crippen molar-refractivity contribution >= 4 is 11.1 Å². The highest BCUT2D eigenvalue weighted by molar-refractivity contribution is 5.82. The maximum Gasteiger partial charge on any atom is 0.0999 e. The van der Waals surface area contributed by atoms with Crippen LogP contribution in [-0.4, -0.2) is 36.4 Å². The molecular formula is C18H19N7. The Labute approximate surface area is 145 Å². The fourth-order valence-corrected chi connectivity index (χ4v) is 3.38. The van der Waals surface area contributed by atoms with Gasteiger partial charge in [-0.05, 0) is 25.3 Å². The van der Waals surface area contributed by atoms with Crippen LogP contribution in [0.25, 0.3) is 22.3 Å². The molecule has 1 fully saturated rings. The first-order valence-electron chi connectivity index (χ1n) is 8.49. The van der Waals surface area contributed by atoms with E-state index >= 15 is 0 Å². The van der Waals surface area contributed by atoms with Gasteiger partial charge in [-0.15, -0.1) is 0 Å². The standard InChI is InChI=1S/C18H19N7/c1-12-15(10-23(2)22-12)16-11-25-17(6-7-19-25)18(21-16)13-8-20-24(9-13)14-4-3-5-14/h6-11,14,22H,1,3-5H2,2H3. The average Bonchev–Trinajstić information content (AvgIpc) is 3.24. The summed E-state index contributed by atoms with van der Waals surface area (Å²) >= 11 is 0. The van der Waals surface area contributed by atoms with E-state index in [4.69, 9.17) is 4.98 Å². The van der Waals surface area contributed by atoms with Crippen molar-refractivity contribution in [3.63, 3.8) is 0 Å². The molecule has 1 aliphatic carbocycles. The molecule has 0 saturated heterocycles. The van der Waals surface area contributed by atoms with Gasteiger partial charge in [0.05, 0.1) is 47.2 Å². The van der Waals surface area contributed by atoms with Crippen molar-refractivity contribution in [1.29, 1.82) is 0 Å². The highest BCUT2D eigenvalue weighted by Gasteiger charge is 2.22. The van der Waals surface area contributed by atoms with Crippen LogP contribution >= 0.6 is 0 Å². The molecule has 0 aromatic carbocycles. The van der Waals surface area contributed by atoms with Crippen LogP contribution in [-0.2, 0) is 0 Å². The van der Waals surface area contributed by atoms with E-state index in [1.165, 1.54) is 19.3 Å². The summed E-state index contributed by atoms with van der Waals surface area (Å²) in [6, 6.07) is 2.52. The van der Waals surface area contributed by atoms with Crippen LogP contribution in [0.3, 0.4) is 0 Å². The minimum Gasteiger partial charge on any atom is -0.299 e. The molecular weight excluding hydrogens is 314 g/mol. The Morgan fingerprint density at radius 2 is 2.12 bits per heavy atom. The van der Waals surface area contributed by atoms with E-state index in [1.54, 1.807) is 6.20 Å². The normalized spacial score (nSPS) is 17.7. The Hall–Kier alpha value is -3.09. The number of hydrazine groups is 1. The van der Waals surface area contributed by atoms with Crippen LogP contribution < -0.4 is 5.43 Å². The summed E-state index contributed by atoms with van der Waals surface area (Å²) < 4.78 is 3.94. The molecule has 25 heavy (non-hydrogen) atoms. The summed E-state index contributed by atoms with van der Waals surface area (Å²) in [6.45, 7) is 4.07. The quantitative estimate of drug-likeness (QED) is 0.798. The molecule has 0 radical (unpaired) electrons. The number of aromatic nitrogens is 5. The second-order valence-electron chi connectivity index (χ2n) is 6.67. The van der Waals surface area contributed by atoms with E-state index in [1.807, 2.05) is 41.2 Å². The van der Waals surface area contributed by atoms with Gasteiger partial charge >= 0.3 is 0 Å². The number of nitrogens with zero attached hydrogens (tertiary/aromatic N) is 6. The lowest BCUT2D eigenvalue weighted by molar-refractivity contribution is 0.289. The van der Waals surface area contributed by atoms with Gasteiger partial charge in [0.1, 0.15) is 0 Å². The molecule has 1 aliphatic heterocycles. The third-order valence-electron chi connectivity index (χ3n) is 4.95. The van der Waals surface area contributed by atoms with Gasteiger partial charge in [-0.2, -0.15) is 10.2 Å². The summed E-state index contributed by atoms with van der Waals surface area (Å²) in [5.41, 5.74) is 8.68. The monoisotopic (exact) mass is 333 g/mol. The van der Waals surface area contributed by atoms with Crippen LogP contribution in [0.5, 0.6) is 0 Å². The topological polar surface area (TPSA) is 63.3 Å². The largest absolute Gasteiger partial charge is 0.299 e.